The Balaban J connectivity index is 1.44. The molecule has 0 spiro atoms. The highest BCUT2D eigenvalue weighted by atomic mass is 32.2. The number of para-hydroxylation sites is 2. The summed E-state index contributed by atoms with van der Waals surface area (Å²) in [5.41, 5.74) is 1.17. The van der Waals surface area contributed by atoms with Crippen molar-refractivity contribution in [2.24, 2.45) is 0 Å². The van der Waals surface area contributed by atoms with Crippen LogP contribution in [0.5, 0.6) is 11.5 Å². The Morgan fingerprint density at radius 2 is 2.08 bits per heavy atom. The van der Waals surface area contributed by atoms with Crippen LogP contribution in [0.1, 0.15) is 0 Å². The molecule has 2 aromatic carbocycles. The average molecular weight is 374 g/mol. The van der Waals surface area contributed by atoms with Crippen molar-refractivity contribution in [2.45, 2.75) is 15.8 Å². The Morgan fingerprint density at radius 1 is 1.28 bits per heavy atom. The molecule has 0 radical (unpaired) electrons. The van der Waals surface area contributed by atoms with Crippen molar-refractivity contribution in [1.82, 2.24) is 5.32 Å². The standard InChI is InChI=1S/C20H23NO2S2/c1-15(13-24-19-9-5-3-7-17(19)22-2)11-21-16-12-23-18-8-4-6-10-20(18)25-14-16/h3-10,16,21H,1,11-14H2,2H3/t16-/m1/s1. The van der Waals surface area contributed by atoms with E-state index in [0.717, 1.165) is 34.4 Å². The fourth-order valence-corrected chi connectivity index (χ4v) is 4.46. The molecule has 1 aliphatic heterocycles. The van der Waals surface area contributed by atoms with Crippen molar-refractivity contribution < 1.29 is 9.47 Å². The van der Waals surface area contributed by atoms with E-state index in [0.29, 0.717) is 12.6 Å². The molecule has 0 aromatic heterocycles. The molecule has 0 saturated heterocycles. The van der Waals surface area contributed by atoms with E-state index in [4.69, 9.17) is 9.47 Å². The van der Waals surface area contributed by atoms with Crippen molar-refractivity contribution in [3.63, 3.8) is 0 Å². The van der Waals surface area contributed by atoms with Crippen LogP contribution in [0.15, 0.2) is 70.5 Å². The van der Waals surface area contributed by atoms with Gasteiger partial charge in [-0.25, -0.2) is 0 Å². The quantitative estimate of drug-likeness (QED) is 0.571. The van der Waals surface area contributed by atoms with E-state index in [1.54, 1.807) is 18.9 Å². The molecule has 5 heteroatoms. The van der Waals surface area contributed by atoms with Crippen LogP contribution in [0.25, 0.3) is 0 Å². The minimum atomic E-state index is 0.324. The monoisotopic (exact) mass is 373 g/mol. The highest BCUT2D eigenvalue weighted by Gasteiger charge is 2.17. The summed E-state index contributed by atoms with van der Waals surface area (Å²) in [5.74, 6) is 3.78. The summed E-state index contributed by atoms with van der Waals surface area (Å²) in [5, 5.41) is 3.57. The highest BCUT2D eigenvalue weighted by Crippen LogP contribution is 2.32. The minimum absolute atomic E-state index is 0.324. The first kappa shape index (κ1) is 18.2. The van der Waals surface area contributed by atoms with Crippen molar-refractivity contribution in [1.29, 1.82) is 0 Å². The number of hydrogen-bond donors (Lipinski definition) is 1. The van der Waals surface area contributed by atoms with E-state index in [9.17, 15) is 0 Å². The largest absolute Gasteiger partial charge is 0.496 e. The number of methoxy groups -OCH3 is 1. The Morgan fingerprint density at radius 3 is 2.96 bits per heavy atom. The zero-order valence-electron chi connectivity index (χ0n) is 14.4. The van der Waals surface area contributed by atoms with Crippen molar-refractivity contribution in [2.75, 3.05) is 31.8 Å². The van der Waals surface area contributed by atoms with E-state index in [1.807, 2.05) is 42.1 Å². The molecule has 2 aromatic rings. The lowest BCUT2D eigenvalue weighted by atomic mass is 10.3. The molecular formula is C20H23NO2S2. The molecule has 1 N–H and O–H groups in total. The maximum Gasteiger partial charge on any atom is 0.132 e. The number of fused-ring (bicyclic) bond motifs is 1. The van der Waals surface area contributed by atoms with Crippen LogP contribution in [0.2, 0.25) is 0 Å². The van der Waals surface area contributed by atoms with Gasteiger partial charge in [0.2, 0.25) is 0 Å². The van der Waals surface area contributed by atoms with E-state index in [-0.39, 0.29) is 0 Å². The number of ether oxygens (including phenoxy) is 2. The predicted octanol–water partition coefficient (Wildman–Crippen LogP) is 4.49. The topological polar surface area (TPSA) is 30.5 Å². The van der Waals surface area contributed by atoms with Gasteiger partial charge in [-0.3, -0.25) is 0 Å². The predicted molar refractivity (Wildman–Crippen MR) is 107 cm³/mol. The molecular weight excluding hydrogens is 350 g/mol. The first-order chi connectivity index (χ1) is 12.3. The molecule has 1 heterocycles. The zero-order valence-corrected chi connectivity index (χ0v) is 16.0. The lowest BCUT2D eigenvalue weighted by Crippen LogP contribution is -2.37. The van der Waals surface area contributed by atoms with Crippen molar-refractivity contribution in [3.8, 4) is 11.5 Å². The van der Waals surface area contributed by atoms with Crippen LogP contribution in [0, 0.1) is 0 Å². The lowest BCUT2D eigenvalue weighted by molar-refractivity contribution is 0.276. The van der Waals surface area contributed by atoms with Crippen LogP contribution in [0.4, 0.5) is 0 Å². The van der Waals surface area contributed by atoms with Crippen molar-refractivity contribution >= 4 is 23.5 Å². The van der Waals surface area contributed by atoms with Crippen LogP contribution in [-0.4, -0.2) is 37.8 Å². The molecule has 0 bridgehead atoms. The fraction of sp³-hybridized carbons (Fsp3) is 0.300. The summed E-state index contributed by atoms with van der Waals surface area (Å²) in [4.78, 5) is 2.37. The molecule has 0 unspecified atom stereocenters. The summed E-state index contributed by atoms with van der Waals surface area (Å²) < 4.78 is 11.3. The van der Waals surface area contributed by atoms with E-state index in [2.05, 4.69) is 30.1 Å². The summed E-state index contributed by atoms with van der Waals surface area (Å²) in [6.45, 7) is 5.69. The third-order valence-electron chi connectivity index (χ3n) is 3.87. The summed E-state index contributed by atoms with van der Waals surface area (Å²) >= 11 is 3.60. The second-order valence-electron chi connectivity index (χ2n) is 5.84. The second kappa shape index (κ2) is 9.22. The number of benzene rings is 2. The maximum absolute atomic E-state index is 5.92. The SMILES string of the molecule is C=C(CN[C@@H]1COc2ccccc2SC1)CSc1ccccc1OC. The van der Waals surface area contributed by atoms with E-state index < -0.39 is 0 Å². The Labute approximate surface area is 158 Å². The van der Waals surface area contributed by atoms with Gasteiger partial charge in [-0.05, 0) is 24.3 Å². The first-order valence-electron chi connectivity index (χ1n) is 8.26. The van der Waals surface area contributed by atoms with Gasteiger partial charge < -0.3 is 14.8 Å². The maximum atomic E-state index is 5.92. The van der Waals surface area contributed by atoms with E-state index in [1.165, 1.54) is 10.5 Å². The van der Waals surface area contributed by atoms with Crippen LogP contribution < -0.4 is 14.8 Å². The van der Waals surface area contributed by atoms with Crippen LogP contribution in [0.3, 0.4) is 0 Å². The van der Waals surface area contributed by atoms with Gasteiger partial charge in [0.25, 0.3) is 0 Å². The van der Waals surface area contributed by atoms with Crippen LogP contribution in [-0.2, 0) is 0 Å². The summed E-state index contributed by atoms with van der Waals surface area (Å²) in [6, 6.07) is 16.6. The van der Waals surface area contributed by atoms with Crippen LogP contribution >= 0.6 is 23.5 Å². The van der Waals surface area contributed by atoms with Gasteiger partial charge in [0.1, 0.15) is 18.1 Å². The second-order valence-corrected chi connectivity index (χ2v) is 7.92. The lowest BCUT2D eigenvalue weighted by Gasteiger charge is -2.17. The van der Waals surface area contributed by atoms with Crippen molar-refractivity contribution in [3.05, 3.63) is 60.7 Å². The van der Waals surface area contributed by atoms with Gasteiger partial charge in [0, 0.05) is 27.8 Å². The molecule has 25 heavy (non-hydrogen) atoms. The number of nitrogens with one attached hydrogen (secondary N) is 1. The molecule has 1 aliphatic rings. The molecule has 3 rings (SSSR count). The molecule has 1 atom stereocenters. The zero-order chi connectivity index (χ0) is 17.5. The Kier molecular flexibility index (Phi) is 6.73. The minimum Gasteiger partial charge on any atom is -0.496 e. The smallest absolute Gasteiger partial charge is 0.132 e. The van der Waals surface area contributed by atoms with Gasteiger partial charge in [0.15, 0.2) is 0 Å². The molecule has 0 saturated carbocycles. The fourth-order valence-electron chi connectivity index (χ4n) is 2.49. The molecule has 3 nitrogen and oxygen atoms in total. The first-order valence-corrected chi connectivity index (χ1v) is 10.2. The van der Waals surface area contributed by atoms with Gasteiger partial charge in [-0.2, -0.15) is 0 Å². The van der Waals surface area contributed by atoms with E-state index >= 15 is 0 Å². The number of rotatable bonds is 7. The van der Waals surface area contributed by atoms with Gasteiger partial charge in [0.05, 0.1) is 13.2 Å². The third kappa shape index (κ3) is 5.21. The molecule has 0 aliphatic carbocycles. The summed E-state index contributed by atoms with van der Waals surface area (Å²) in [7, 11) is 1.71. The Hall–Kier alpha value is -1.56. The molecule has 132 valence electrons. The molecule has 0 amide bonds. The van der Waals surface area contributed by atoms with Gasteiger partial charge in [-0.1, -0.05) is 36.4 Å². The van der Waals surface area contributed by atoms with Gasteiger partial charge in [-0.15, -0.1) is 23.5 Å². The third-order valence-corrected chi connectivity index (χ3v) is 6.29. The van der Waals surface area contributed by atoms with Gasteiger partial charge >= 0.3 is 0 Å². The molecule has 0 fully saturated rings. The number of thioether (sulfide) groups is 2. The summed E-state index contributed by atoms with van der Waals surface area (Å²) in [6.07, 6.45) is 0. The Bertz CT molecular complexity index is 693. The normalized spacial score (nSPS) is 16.4. The average Bonchev–Trinajstić information content (AvgIpc) is 2.87. The highest BCUT2D eigenvalue weighted by molar-refractivity contribution is 7.99. The number of hydrogen-bond acceptors (Lipinski definition) is 5.